The third-order valence-electron chi connectivity index (χ3n) is 3.19. The van der Waals surface area contributed by atoms with Gasteiger partial charge in [-0.2, -0.15) is 17.6 Å². The van der Waals surface area contributed by atoms with Crippen LogP contribution in [0, 0.1) is 5.95 Å². The Labute approximate surface area is 134 Å². The number of benzene rings is 1. The fraction of sp³-hybridized carbons (Fsp3) is 0.143. The zero-order chi connectivity index (χ0) is 15.9. The number of nitrogens with zero attached hydrogens (tertiary/aromatic N) is 3. The second-order valence-corrected chi connectivity index (χ2v) is 4.63. The molecule has 23 heavy (non-hydrogen) atoms. The highest BCUT2D eigenvalue weighted by atomic mass is 35.5. The first-order valence-corrected chi connectivity index (χ1v) is 6.30. The summed E-state index contributed by atoms with van der Waals surface area (Å²) in [4.78, 5) is 8.14. The fourth-order valence-electron chi connectivity index (χ4n) is 2.12. The van der Waals surface area contributed by atoms with Gasteiger partial charge in [0, 0.05) is 18.3 Å². The molecule has 0 fully saturated rings. The topological polar surface area (TPSA) is 56.2 Å². The summed E-state index contributed by atoms with van der Waals surface area (Å²) in [6.45, 7) is 0.0706. The molecule has 0 saturated heterocycles. The predicted octanol–water partition coefficient (Wildman–Crippen LogP) is 3.43. The number of rotatable bonds is 2. The van der Waals surface area contributed by atoms with Gasteiger partial charge < -0.3 is 5.73 Å². The fourth-order valence-corrected chi connectivity index (χ4v) is 2.12. The predicted molar refractivity (Wildman–Crippen MR) is 78.5 cm³/mol. The lowest BCUT2D eigenvalue weighted by atomic mass is 10.1. The summed E-state index contributed by atoms with van der Waals surface area (Å²) >= 11 is 0. The largest absolute Gasteiger partial charge is 0.416 e. The highest BCUT2D eigenvalue weighted by Crippen LogP contribution is 2.31. The van der Waals surface area contributed by atoms with Crippen molar-refractivity contribution in [3.63, 3.8) is 0 Å². The van der Waals surface area contributed by atoms with Gasteiger partial charge in [0.15, 0.2) is 5.65 Å². The second-order valence-electron chi connectivity index (χ2n) is 4.63. The molecule has 1 aromatic carbocycles. The maximum absolute atomic E-state index is 13.7. The number of fused-ring (bicyclic) bond motifs is 1. The Morgan fingerprint density at radius 1 is 1.13 bits per heavy atom. The van der Waals surface area contributed by atoms with E-state index in [9.17, 15) is 17.6 Å². The number of nitrogens with two attached hydrogens (primary N) is 1. The smallest absolute Gasteiger partial charge is 0.325 e. The Morgan fingerprint density at radius 2 is 1.78 bits per heavy atom. The molecule has 0 bridgehead atoms. The van der Waals surface area contributed by atoms with Crippen LogP contribution >= 0.6 is 12.4 Å². The van der Waals surface area contributed by atoms with Crippen LogP contribution in [0.5, 0.6) is 0 Å². The zero-order valence-electron chi connectivity index (χ0n) is 11.5. The number of imidazole rings is 1. The number of aromatic nitrogens is 3. The Kier molecular flexibility index (Phi) is 4.58. The molecule has 0 radical (unpaired) electrons. The standard InChI is InChI=1S/C14H10F4N4.ClH/c15-11-6-20-13-12(21-10(5-19)7-22(11)13)8-1-3-9(4-2-8)14(16,17)18;/h1-4,6-7H,5,19H2;1H. The molecule has 3 aromatic rings. The summed E-state index contributed by atoms with van der Waals surface area (Å²) in [6, 6.07) is 4.44. The lowest BCUT2D eigenvalue weighted by Crippen LogP contribution is -2.06. The van der Waals surface area contributed by atoms with Crippen LogP contribution in [0.15, 0.2) is 36.7 Å². The SMILES string of the molecule is Cl.NCc1cn2c(F)cnc2c(-c2ccc(C(F)(F)F)cc2)n1. The third-order valence-corrected chi connectivity index (χ3v) is 3.19. The average Bonchev–Trinajstić information content (AvgIpc) is 2.87. The third kappa shape index (κ3) is 3.13. The van der Waals surface area contributed by atoms with E-state index in [1.54, 1.807) is 0 Å². The van der Waals surface area contributed by atoms with Gasteiger partial charge in [-0.25, -0.2) is 9.97 Å². The Hall–Kier alpha value is -2.19. The molecule has 0 aliphatic rings. The van der Waals surface area contributed by atoms with Gasteiger partial charge in [-0.3, -0.25) is 4.40 Å². The molecule has 2 aromatic heterocycles. The Balaban J connectivity index is 0.00000192. The molecule has 0 unspecified atom stereocenters. The van der Waals surface area contributed by atoms with Gasteiger partial charge in [-0.05, 0) is 12.1 Å². The monoisotopic (exact) mass is 346 g/mol. The quantitative estimate of drug-likeness (QED) is 0.723. The van der Waals surface area contributed by atoms with Gasteiger partial charge in [0.1, 0.15) is 5.69 Å². The minimum atomic E-state index is -4.42. The van der Waals surface area contributed by atoms with Crippen LogP contribution in [0.1, 0.15) is 11.3 Å². The molecule has 0 amide bonds. The first-order chi connectivity index (χ1) is 10.4. The van der Waals surface area contributed by atoms with Gasteiger partial charge in [0.05, 0.1) is 17.5 Å². The summed E-state index contributed by atoms with van der Waals surface area (Å²) in [6.07, 6.45) is -1.99. The van der Waals surface area contributed by atoms with E-state index in [4.69, 9.17) is 5.73 Å². The minimum Gasteiger partial charge on any atom is -0.325 e. The van der Waals surface area contributed by atoms with Crippen molar-refractivity contribution in [2.75, 3.05) is 0 Å². The van der Waals surface area contributed by atoms with Crippen LogP contribution < -0.4 is 5.73 Å². The number of hydrogen-bond donors (Lipinski definition) is 1. The maximum atomic E-state index is 13.7. The molecule has 4 nitrogen and oxygen atoms in total. The lowest BCUT2D eigenvalue weighted by molar-refractivity contribution is -0.137. The second kappa shape index (κ2) is 6.13. The molecule has 122 valence electrons. The van der Waals surface area contributed by atoms with E-state index in [0.717, 1.165) is 18.3 Å². The molecule has 2 heterocycles. The van der Waals surface area contributed by atoms with Gasteiger partial charge in [-0.15, -0.1) is 12.4 Å². The van der Waals surface area contributed by atoms with Gasteiger partial charge in [0.2, 0.25) is 5.95 Å². The highest BCUT2D eigenvalue weighted by Gasteiger charge is 2.30. The molecule has 2 N–H and O–H groups in total. The lowest BCUT2D eigenvalue weighted by Gasteiger charge is -2.09. The first-order valence-electron chi connectivity index (χ1n) is 6.30. The Morgan fingerprint density at radius 3 is 2.35 bits per heavy atom. The van der Waals surface area contributed by atoms with Gasteiger partial charge in [0.25, 0.3) is 0 Å². The molecular weight excluding hydrogens is 336 g/mol. The first kappa shape index (κ1) is 17.2. The molecule has 9 heteroatoms. The Bertz CT molecular complexity index is 827. The van der Waals surface area contributed by atoms with E-state index < -0.39 is 17.7 Å². The molecule has 3 rings (SSSR count). The van der Waals surface area contributed by atoms with Crippen molar-refractivity contribution < 1.29 is 17.6 Å². The van der Waals surface area contributed by atoms with E-state index in [1.807, 2.05) is 0 Å². The summed E-state index contributed by atoms with van der Waals surface area (Å²) in [7, 11) is 0. The van der Waals surface area contributed by atoms with Crippen LogP contribution in [-0.4, -0.2) is 14.4 Å². The van der Waals surface area contributed by atoms with E-state index in [0.29, 0.717) is 11.3 Å². The number of hydrogen-bond acceptors (Lipinski definition) is 3. The average molecular weight is 347 g/mol. The van der Waals surface area contributed by atoms with E-state index in [1.165, 1.54) is 22.7 Å². The van der Waals surface area contributed by atoms with E-state index in [-0.39, 0.29) is 30.3 Å². The van der Waals surface area contributed by atoms with Crippen LogP contribution in [0.3, 0.4) is 0 Å². The van der Waals surface area contributed by atoms with Crippen LogP contribution in [-0.2, 0) is 12.7 Å². The molecule has 0 spiro atoms. The van der Waals surface area contributed by atoms with Gasteiger partial charge >= 0.3 is 6.18 Å². The number of halogens is 5. The van der Waals surface area contributed by atoms with E-state index >= 15 is 0 Å². The summed E-state index contributed by atoms with van der Waals surface area (Å²) in [5, 5.41) is 0. The van der Waals surface area contributed by atoms with Crippen LogP contribution in [0.2, 0.25) is 0 Å². The molecule has 0 aliphatic heterocycles. The zero-order valence-corrected chi connectivity index (χ0v) is 12.3. The summed E-state index contributed by atoms with van der Waals surface area (Å²) < 4.78 is 52.6. The van der Waals surface area contributed by atoms with Crippen molar-refractivity contribution in [2.45, 2.75) is 12.7 Å². The highest BCUT2D eigenvalue weighted by molar-refractivity contribution is 5.85. The van der Waals surface area contributed by atoms with Crippen LogP contribution in [0.4, 0.5) is 17.6 Å². The van der Waals surface area contributed by atoms with Crippen molar-refractivity contribution in [2.24, 2.45) is 5.73 Å². The summed E-state index contributed by atoms with van der Waals surface area (Å²) in [5.41, 5.74) is 6.05. The molecular formula is C14H11ClF4N4. The minimum absolute atomic E-state index is 0. The molecule has 0 saturated carbocycles. The molecule has 0 aliphatic carbocycles. The van der Waals surface area contributed by atoms with Crippen molar-refractivity contribution >= 4 is 18.1 Å². The molecule has 0 atom stereocenters. The van der Waals surface area contributed by atoms with Crippen molar-refractivity contribution in [3.8, 4) is 11.3 Å². The number of alkyl halides is 3. The normalized spacial score (nSPS) is 11.5. The van der Waals surface area contributed by atoms with E-state index in [2.05, 4.69) is 9.97 Å². The maximum Gasteiger partial charge on any atom is 0.416 e. The summed E-state index contributed by atoms with van der Waals surface area (Å²) in [5.74, 6) is -0.597. The van der Waals surface area contributed by atoms with Crippen molar-refractivity contribution in [1.82, 2.24) is 14.4 Å². The van der Waals surface area contributed by atoms with Crippen molar-refractivity contribution in [3.05, 3.63) is 53.9 Å². The van der Waals surface area contributed by atoms with Crippen LogP contribution in [0.25, 0.3) is 16.9 Å². The van der Waals surface area contributed by atoms with Crippen molar-refractivity contribution in [1.29, 1.82) is 0 Å². The van der Waals surface area contributed by atoms with Gasteiger partial charge in [-0.1, -0.05) is 12.1 Å².